The van der Waals surface area contributed by atoms with Gasteiger partial charge in [0.2, 0.25) is 0 Å². The molecule has 3 aliphatic rings. The summed E-state index contributed by atoms with van der Waals surface area (Å²) in [5.41, 5.74) is 0.232. The lowest BCUT2D eigenvalue weighted by atomic mass is 10.0. The van der Waals surface area contributed by atoms with Crippen molar-refractivity contribution >= 4 is 0 Å². The standard InChI is InChI=1S/C19H38N4/c1-15(2)22-12-17-8-9-18(13-22)23(17)14-21-10-6-7-16(11-21)20-19(3,4)5/h15-18,20H,6-14H2,1-5H3/t16-,17?,18?/m1/s1. The van der Waals surface area contributed by atoms with Crippen molar-refractivity contribution in [3.05, 3.63) is 0 Å². The van der Waals surface area contributed by atoms with Crippen molar-refractivity contribution in [2.45, 2.75) is 90.0 Å². The van der Waals surface area contributed by atoms with Gasteiger partial charge in [0.05, 0.1) is 6.67 Å². The van der Waals surface area contributed by atoms with Gasteiger partial charge in [0.1, 0.15) is 0 Å². The van der Waals surface area contributed by atoms with E-state index in [9.17, 15) is 0 Å². The van der Waals surface area contributed by atoms with Crippen LogP contribution in [0.4, 0.5) is 0 Å². The van der Waals surface area contributed by atoms with E-state index in [1.807, 2.05) is 0 Å². The van der Waals surface area contributed by atoms with Gasteiger partial charge < -0.3 is 5.32 Å². The molecule has 0 aromatic carbocycles. The molecular weight excluding hydrogens is 284 g/mol. The van der Waals surface area contributed by atoms with Crippen molar-refractivity contribution in [3.8, 4) is 0 Å². The molecule has 3 fully saturated rings. The lowest BCUT2D eigenvalue weighted by molar-refractivity contribution is 0.000494. The zero-order valence-electron chi connectivity index (χ0n) is 16.0. The summed E-state index contributed by atoms with van der Waals surface area (Å²) in [6.45, 7) is 17.8. The van der Waals surface area contributed by atoms with Crippen LogP contribution in [0.5, 0.6) is 0 Å². The van der Waals surface area contributed by atoms with Crippen LogP contribution in [0.1, 0.15) is 60.3 Å². The highest BCUT2D eigenvalue weighted by molar-refractivity contribution is 4.97. The van der Waals surface area contributed by atoms with E-state index in [1.54, 1.807) is 0 Å². The highest BCUT2D eigenvalue weighted by Crippen LogP contribution is 2.31. The Hall–Kier alpha value is -0.160. The van der Waals surface area contributed by atoms with E-state index in [0.29, 0.717) is 12.1 Å². The van der Waals surface area contributed by atoms with Crippen molar-refractivity contribution in [2.24, 2.45) is 0 Å². The van der Waals surface area contributed by atoms with E-state index in [1.165, 1.54) is 58.5 Å². The predicted molar refractivity (Wildman–Crippen MR) is 97.7 cm³/mol. The summed E-state index contributed by atoms with van der Waals surface area (Å²) < 4.78 is 0. The molecule has 3 aliphatic heterocycles. The average Bonchev–Trinajstić information content (AvgIpc) is 2.68. The van der Waals surface area contributed by atoms with Crippen LogP contribution in [0.2, 0.25) is 0 Å². The van der Waals surface area contributed by atoms with Gasteiger partial charge in [0.15, 0.2) is 0 Å². The first kappa shape index (κ1) is 17.7. The third-order valence-electron chi connectivity index (χ3n) is 5.90. The highest BCUT2D eigenvalue weighted by Gasteiger charge is 2.41. The minimum absolute atomic E-state index is 0.232. The number of nitrogens with zero attached hydrogens (tertiary/aromatic N) is 3. The van der Waals surface area contributed by atoms with Crippen LogP contribution in [-0.2, 0) is 0 Å². The Kier molecular flexibility index (Phi) is 5.37. The van der Waals surface area contributed by atoms with Crippen LogP contribution in [0.25, 0.3) is 0 Å². The number of rotatable bonds is 4. The molecule has 3 heterocycles. The average molecular weight is 323 g/mol. The Bertz CT molecular complexity index is 375. The van der Waals surface area contributed by atoms with E-state index >= 15 is 0 Å². The van der Waals surface area contributed by atoms with Gasteiger partial charge in [0.25, 0.3) is 0 Å². The number of piperidine rings is 1. The van der Waals surface area contributed by atoms with E-state index in [2.05, 4.69) is 54.6 Å². The van der Waals surface area contributed by atoms with Crippen LogP contribution >= 0.6 is 0 Å². The fourth-order valence-electron chi connectivity index (χ4n) is 4.82. The number of likely N-dealkylation sites (tertiary alicyclic amines) is 2. The first-order valence-electron chi connectivity index (χ1n) is 9.81. The summed E-state index contributed by atoms with van der Waals surface area (Å²) in [6.07, 6.45) is 5.49. The maximum absolute atomic E-state index is 3.82. The summed E-state index contributed by atoms with van der Waals surface area (Å²) in [7, 11) is 0. The molecule has 3 saturated heterocycles. The van der Waals surface area contributed by atoms with Gasteiger partial charge in [0, 0.05) is 49.3 Å². The molecule has 0 amide bonds. The lowest BCUT2D eigenvalue weighted by Gasteiger charge is -2.46. The summed E-state index contributed by atoms with van der Waals surface area (Å²) in [6, 6.07) is 2.97. The molecule has 134 valence electrons. The minimum Gasteiger partial charge on any atom is -0.308 e. The van der Waals surface area contributed by atoms with Gasteiger partial charge in [-0.15, -0.1) is 0 Å². The van der Waals surface area contributed by atoms with Gasteiger partial charge in [-0.3, -0.25) is 14.7 Å². The van der Waals surface area contributed by atoms with Crippen molar-refractivity contribution in [1.29, 1.82) is 0 Å². The van der Waals surface area contributed by atoms with Gasteiger partial charge >= 0.3 is 0 Å². The molecule has 0 saturated carbocycles. The van der Waals surface area contributed by atoms with Crippen molar-refractivity contribution in [3.63, 3.8) is 0 Å². The quantitative estimate of drug-likeness (QED) is 0.857. The third kappa shape index (κ3) is 4.47. The summed E-state index contributed by atoms with van der Waals surface area (Å²) in [5, 5.41) is 3.82. The van der Waals surface area contributed by atoms with E-state index in [-0.39, 0.29) is 5.54 Å². The second-order valence-corrected chi connectivity index (χ2v) is 9.40. The maximum atomic E-state index is 3.82. The fraction of sp³-hybridized carbons (Fsp3) is 1.00. The van der Waals surface area contributed by atoms with Gasteiger partial charge in [-0.2, -0.15) is 0 Å². The van der Waals surface area contributed by atoms with Gasteiger partial charge in [-0.05, 0) is 66.8 Å². The van der Waals surface area contributed by atoms with Crippen LogP contribution in [0, 0.1) is 0 Å². The van der Waals surface area contributed by atoms with Crippen molar-refractivity contribution in [1.82, 2.24) is 20.0 Å². The zero-order chi connectivity index (χ0) is 16.6. The normalized spacial score (nSPS) is 34.4. The second-order valence-electron chi connectivity index (χ2n) is 9.40. The SMILES string of the molecule is CC(C)N1CC2CCC(C1)N2CN1CCC[C@@H](NC(C)(C)C)C1. The van der Waals surface area contributed by atoms with Gasteiger partial charge in [-0.1, -0.05) is 0 Å². The molecule has 2 unspecified atom stereocenters. The van der Waals surface area contributed by atoms with E-state index in [4.69, 9.17) is 0 Å². The Morgan fingerprint density at radius 1 is 1.00 bits per heavy atom. The largest absolute Gasteiger partial charge is 0.308 e. The molecule has 0 spiro atoms. The van der Waals surface area contributed by atoms with Crippen LogP contribution in [0.15, 0.2) is 0 Å². The fourth-order valence-corrected chi connectivity index (χ4v) is 4.82. The third-order valence-corrected chi connectivity index (χ3v) is 5.90. The second kappa shape index (κ2) is 6.99. The topological polar surface area (TPSA) is 21.8 Å². The molecule has 0 aromatic heterocycles. The summed E-state index contributed by atoms with van der Waals surface area (Å²) >= 11 is 0. The number of nitrogens with one attached hydrogen (secondary N) is 1. The molecule has 4 heteroatoms. The maximum Gasteiger partial charge on any atom is 0.0513 e. The van der Waals surface area contributed by atoms with E-state index < -0.39 is 0 Å². The van der Waals surface area contributed by atoms with Crippen LogP contribution < -0.4 is 5.32 Å². The van der Waals surface area contributed by atoms with Crippen molar-refractivity contribution in [2.75, 3.05) is 32.8 Å². The highest BCUT2D eigenvalue weighted by atomic mass is 15.4. The number of piperazine rings is 1. The van der Waals surface area contributed by atoms with Crippen LogP contribution in [-0.4, -0.2) is 77.3 Å². The molecule has 23 heavy (non-hydrogen) atoms. The first-order chi connectivity index (χ1) is 10.8. The Balaban J connectivity index is 1.54. The first-order valence-corrected chi connectivity index (χ1v) is 9.81. The molecule has 3 atom stereocenters. The molecule has 1 N–H and O–H groups in total. The number of hydrogen-bond acceptors (Lipinski definition) is 4. The molecule has 2 bridgehead atoms. The van der Waals surface area contributed by atoms with Crippen molar-refractivity contribution < 1.29 is 0 Å². The Labute approximate surface area is 143 Å². The summed E-state index contributed by atoms with van der Waals surface area (Å²) in [5.74, 6) is 0. The molecule has 0 radical (unpaired) electrons. The number of fused-ring (bicyclic) bond motifs is 2. The Morgan fingerprint density at radius 3 is 2.22 bits per heavy atom. The molecule has 3 rings (SSSR count). The van der Waals surface area contributed by atoms with E-state index in [0.717, 1.165) is 12.1 Å². The number of hydrogen-bond donors (Lipinski definition) is 1. The summed E-state index contributed by atoms with van der Waals surface area (Å²) in [4.78, 5) is 8.24. The smallest absolute Gasteiger partial charge is 0.0513 e. The minimum atomic E-state index is 0.232. The monoisotopic (exact) mass is 322 g/mol. The molecular formula is C19H38N4. The molecule has 0 aromatic rings. The zero-order valence-corrected chi connectivity index (χ0v) is 16.0. The Morgan fingerprint density at radius 2 is 1.65 bits per heavy atom. The van der Waals surface area contributed by atoms with Gasteiger partial charge in [-0.25, -0.2) is 0 Å². The predicted octanol–water partition coefficient (Wildman–Crippen LogP) is 2.35. The molecule has 4 nitrogen and oxygen atoms in total. The molecule has 0 aliphatic carbocycles. The van der Waals surface area contributed by atoms with Crippen LogP contribution in [0.3, 0.4) is 0 Å². The lowest BCUT2D eigenvalue weighted by Crippen LogP contribution is -2.60.